The fraction of sp³-hybridized carbons (Fsp3) is 0.462. The number of nitrogens with zero attached hydrogens (tertiary/aromatic N) is 4. The third kappa shape index (κ3) is 3.76. The summed E-state index contributed by atoms with van der Waals surface area (Å²) in [5.41, 5.74) is 1.57. The fourth-order valence-corrected chi connectivity index (χ4v) is 1.79. The molecule has 0 aliphatic heterocycles. The van der Waals surface area contributed by atoms with Crippen molar-refractivity contribution in [1.29, 1.82) is 0 Å². The molecule has 0 saturated carbocycles. The van der Waals surface area contributed by atoms with E-state index in [0.717, 1.165) is 11.4 Å². The van der Waals surface area contributed by atoms with Gasteiger partial charge in [-0.25, -0.2) is 14.3 Å². The summed E-state index contributed by atoms with van der Waals surface area (Å²) in [7, 11) is 1.53. The third-order valence-electron chi connectivity index (χ3n) is 2.76. The van der Waals surface area contributed by atoms with Crippen LogP contribution in [0.1, 0.15) is 22.0 Å². The minimum atomic E-state index is -0.774. The molecule has 2 heterocycles. The number of nitrogens with one attached hydrogen (secondary N) is 1. The molecule has 0 aromatic carbocycles. The molecule has 0 unspecified atom stereocenters. The van der Waals surface area contributed by atoms with E-state index in [1.54, 1.807) is 0 Å². The normalized spacial score (nSPS) is 10.7. The lowest BCUT2D eigenvalue weighted by Crippen LogP contribution is -2.31. The predicted molar refractivity (Wildman–Crippen MR) is 75.4 cm³/mol. The van der Waals surface area contributed by atoms with Crippen LogP contribution in [0.2, 0.25) is 0 Å². The van der Waals surface area contributed by atoms with Crippen molar-refractivity contribution < 1.29 is 19.1 Å². The Morgan fingerprint density at radius 2 is 2.09 bits per heavy atom. The van der Waals surface area contributed by atoms with Gasteiger partial charge in [-0.1, -0.05) is 0 Å². The lowest BCUT2D eigenvalue weighted by atomic mass is 10.4. The molecule has 2 aromatic rings. The van der Waals surface area contributed by atoms with Crippen LogP contribution in [0.4, 0.5) is 0 Å². The van der Waals surface area contributed by atoms with Gasteiger partial charge in [-0.2, -0.15) is 4.98 Å². The Morgan fingerprint density at radius 1 is 1.32 bits per heavy atom. The smallest absolute Gasteiger partial charge is 0.378 e. The number of hydrogen-bond acceptors (Lipinski definition) is 7. The summed E-state index contributed by atoms with van der Waals surface area (Å²) >= 11 is 0. The molecule has 0 radical (unpaired) electrons. The first kappa shape index (κ1) is 15.8. The Balaban J connectivity index is 1.98. The van der Waals surface area contributed by atoms with Crippen LogP contribution in [0.3, 0.4) is 0 Å². The Labute approximate surface area is 126 Å². The van der Waals surface area contributed by atoms with Gasteiger partial charge in [0.2, 0.25) is 0 Å². The topological polar surface area (TPSA) is 108 Å². The van der Waals surface area contributed by atoms with Gasteiger partial charge in [0.15, 0.2) is 6.61 Å². The summed E-state index contributed by atoms with van der Waals surface area (Å²) in [4.78, 5) is 31.4. The SMILES string of the molecule is COCCNC(=O)COC(=O)c1nc2nc(C)cc(C)n2n1. The molecule has 1 amide bonds. The number of esters is 1. The lowest BCUT2D eigenvalue weighted by Gasteiger charge is -2.04. The first-order chi connectivity index (χ1) is 10.5. The number of fused-ring (bicyclic) bond motifs is 1. The number of methoxy groups -OCH3 is 1. The molecule has 0 aliphatic carbocycles. The molecule has 118 valence electrons. The zero-order valence-corrected chi connectivity index (χ0v) is 12.6. The summed E-state index contributed by atoms with van der Waals surface area (Å²) in [5, 5.41) is 6.56. The number of hydrogen-bond donors (Lipinski definition) is 1. The Morgan fingerprint density at radius 3 is 2.82 bits per heavy atom. The van der Waals surface area contributed by atoms with Gasteiger partial charge >= 0.3 is 5.97 Å². The number of rotatable bonds is 6. The zero-order chi connectivity index (χ0) is 16.1. The van der Waals surface area contributed by atoms with Crippen LogP contribution in [-0.4, -0.2) is 58.3 Å². The Hall–Kier alpha value is -2.55. The van der Waals surface area contributed by atoms with E-state index in [-0.39, 0.29) is 5.82 Å². The summed E-state index contributed by atoms with van der Waals surface area (Å²) in [6.07, 6.45) is 0. The van der Waals surface area contributed by atoms with Gasteiger partial charge in [0, 0.05) is 25.0 Å². The minimum absolute atomic E-state index is 0.133. The van der Waals surface area contributed by atoms with Crippen molar-refractivity contribution in [2.24, 2.45) is 0 Å². The monoisotopic (exact) mass is 307 g/mol. The number of aromatic nitrogens is 4. The molecule has 0 bridgehead atoms. The van der Waals surface area contributed by atoms with E-state index in [4.69, 9.17) is 9.47 Å². The van der Waals surface area contributed by atoms with Gasteiger partial charge in [0.05, 0.1) is 6.61 Å². The highest BCUT2D eigenvalue weighted by atomic mass is 16.5. The Kier molecular flexibility index (Phi) is 4.99. The second-order valence-electron chi connectivity index (χ2n) is 4.61. The molecule has 0 aliphatic rings. The van der Waals surface area contributed by atoms with Crippen LogP contribution in [0.25, 0.3) is 5.78 Å². The van der Waals surface area contributed by atoms with Crippen LogP contribution in [0, 0.1) is 13.8 Å². The Bertz CT molecular complexity index is 697. The van der Waals surface area contributed by atoms with E-state index >= 15 is 0 Å². The molecule has 22 heavy (non-hydrogen) atoms. The van der Waals surface area contributed by atoms with Crippen molar-refractivity contribution >= 4 is 17.7 Å². The van der Waals surface area contributed by atoms with Gasteiger partial charge in [-0.3, -0.25) is 4.79 Å². The number of aryl methyl sites for hydroxylation is 2. The molecular formula is C13H17N5O4. The molecule has 2 rings (SSSR count). The largest absolute Gasteiger partial charge is 0.450 e. The van der Waals surface area contributed by atoms with Crippen molar-refractivity contribution in [2.75, 3.05) is 26.9 Å². The van der Waals surface area contributed by atoms with Gasteiger partial charge in [0.1, 0.15) is 0 Å². The summed E-state index contributed by atoms with van der Waals surface area (Å²) in [5.74, 6) is -1.01. The summed E-state index contributed by atoms with van der Waals surface area (Å²) in [6.45, 7) is 3.99. The quantitative estimate of drug-likeness (QED) is 0.574. The second-order valence-corrected chi connectivity index (χ2v) is 4.61. The zero-order valence-electron chi connectivity index (χ0n) is 12.6. The van der Waals surface area contributed by atoms with E-state index in [0.29, 0.717) is 18.9 Å². The predicted octanol–water partition coefficient (Wildman–Crippen LogP) is -0.339. The van der Waals surface area contributed by atoms with Crippen molar-refractivity contribution in [3.05, 3.63) is 23.3 Å². The molecule has 2 aromatic heterocycles. The lowest BCUT2D eigenvalue weighted by molar-refractivity contribution is -0.124. The molecule has 9 nitrogen and oxygen atoms in total. The minimum Gasteiger partial charge on any atom is -0.450 e. The van der Waals surface area contributed by atoms with Crippen molar-refractivity contribution in [2.45, 2.75) is 13.8 Å². The molecule has 0 saturated heterocycles. The van der Waals surface area contributed by atoms with Crippen molar-refractivity contribution in [3.8, 4) is 0 Å². The van der Waals surface area contributed by atoms with E-state index in [1.807, 2.05) is 19.9 Å². The molecular weight excluding hydrogens is 290 g/mol. The van der Waals surface area contributed by atoms with Crippen LogP contribution in [-0.2, 0) is 14.3 Å². The average Bonchev–Trinajstić information content (AvgIpc) is 2.89. The maximum Gasteiger partial charge on any atom is 0.378 e. The third-order valence-corrected chi connectivity index (χ3v) is 2.76. The number of ether oxygens (including phenoxy) is 2. The van der Waals surface area contributed by atoms with E-state index in [1.165, 1.54) is 11.6 Å². The first-order valence-electron chi connectivity index (χ1n) is 6.65. The van der Waals surface area contributed by atoms with Gasteiger partial charge in [-0.15, -0.1) is 5.10 Å². The molecule has 0 atom stereocenters. The average molecular weight is 307 g/mol. The van der Waals surface area contributed by atoms with E-state index in [9.17, 15) is 9.59 Å². The number of amides is 1. The fourth-order valence-electron chi connectivity index (χ4n) is 1.79. The van der Waals surface area contributed by atoms with Crippen LogP contribution in [0.5, 0.6) is 0 Å². The van der Waals surface area contributed by atoms with Gasteiger partial charge in [0.25, 0.3) is 17.5 Å². The second kappa shape index (κ2) is 6.94. The first-order valence-corrected chi connectivity index (χ1v) is 6.65. The van der Waals surface area contributed by atoms with Crippen LogP contribution >= 0.6 is 0 Å². The highest BCUT2D eigenvalue weighted by Gasteiger charge is 2.17. The molecule has 1 N–H and O–H groups in total. The van der Waals surface area contributed by atoms with Crippen LogP contribution < -0.4 is 5.32 Å². The highest BCUT2D eigenvalue weighted by Crippen LogP contribution is 2.06. The summed E-state index contributed by atoms with van der Waals surface area (Å²) < 4.78 is 11.1. The van der Waals surface area contributed by atoms with E-state index < -0.39 is 18.5 Å². The molecule has 0 fully saturated rings. The maximum absolute atomic E-state index is 11.9. The van der Waals surface area contributed by atoms with Crippen LogP contribution in [0.15, 0.2) is 6.07 Å². The highest BCUT2D eigenvalue weighted by molar-refractivity contribution is 5.88. The van der Waals surface area contributed by atoms with Crippen molar-refractivity contribution in [3.63, 3.8) is 0 Å². The standard InChI is InChI=1S/C13H17N5O4/c1-8-6-9(2)18-13(15-8)16-11(17-18)12(20)22-7-10(19)14-4-5-21-3/h6H,4-5,7H2,1-3H3,(H,14,19). The van der Waals surface area contributed by atoms with Crippen molar-refractivity contribution in [1.82, 2.24) is 24.9 Å². The van der Waals surface area contributed by atoms with Gasteiger partial charge < -0.3 is 14.8 Å². The number of carbonyl (C=O) groups is 2. The molecule has 9 heteroatoms. The maximum atomic E-state index is 11.9. The number of carbonyl (C=O) groups excluding carboxylic acids is 2. The molecule has 0 spiro atoms. The summed E-state index contributed by atoms with van der Waals surface area (Å²) in [6, 6.07) is 1.82. The van der Waals surface area contributed by atoms with Gasteiger partial charge in [-0.05, 0) is 19.9 Å². The van der Waals surface area contributed by atoms with E-state index in [2.05, 4.69) is 20.4 Å².